The van der Waals surface area contributed by atoms with Gasteiger partial charge in [0, 0.05) is 7.14 Å². The van der Waals surface area contributed by atoms with Gasteiger partial charge in [-0.2, -0.15) is 0 Å². The summed E-state index contributed by atoms with van der Waals surface area (Å²) in [5, 5.41) is 12.4. The lowest BCUT2D eigenvalue weighted by Crippen LogP contribution is -2.12. The molecule has 3 nitrogen and oxygen atoms in total. The molecule has 0 saturated carbocycles. The minimum Gasteiger partial charge on any atom is -0.393 e. The van der Waals surface area contributed by atoms with Gasteiger partial charge in [-0.05, 0) is 121 Å². The summed E-state index contributed by atoms with van der Waals surface area (Å²) in [6.45, 7) is 33.6. The van der Waals surface area contributed by atoms with Crippen LogP contribution in [0, 0.1) is 14.1 Å². The third-order valence-electron chi connectivity index (χ3n) is 6.13. The van der Waals surface area contributed by atoms with Crippen molar-refractivity contribution in [2.75, 3.05) is 20.1 Å². The Morgan fingerprint density at radius 1 is 0.674 bits per heavy atom. The minimum atomic E-state index is -0.156. The first-order chi connectivity index (χ1) is 22.1. The van der Waals surface area contributed by atoms with Gasteiger partial charge in [0.1, 0.15) is 0 Å². The van der Waals surface area contributed by atoms with Gasteiger partial charge in [0.05, 0.1) is 6.10 Å². The van der Waals surface area contributed by atoms with Crippen LogP contribution in [0.15, 0.2) is 25.3 Å². The maximum Gasteiger partial charge on any atom is 0.0552 e. The van der Waals surface area contributed by atoms with E-state index in [1.807, 2.05) is 20.9 Å². The SMILES string of the molecule is C=C.CC.CCC.CCCC.CCCCC.CCCCCCC[C@@H](O)CCN.CCCCCNC.CCc1cc(I)c(C)c(I)c1. The topological polar surface area (TPSA) is 58.3 Å². The van der Waals surface area contributed by atoms with E-state index in [1.54, 1.807) is 0 Å². The van der Waals surface area contributed by atoms with E-state index in [0.29, 0.717) is 6.54 Å². The molecule has 0 unspecified atom stereocenters. The molecule has 46 heavy (non-hydrogen) atoms. The van der Waals surface area contributed by atoms with Gasteiger partial charge in [-0.25, -0.2) is 0 Å². The van der Waals surface area contributed by atoms with Gasteiger partial charge in [-0.1, -0.05) is 160 Å². The first-order valence-electron chi connectivity index (χ1n) is 19.1. The predicted molar refractivity (Wildman–Crippen MR) is 237 cm³/mol. The number of benzene rings is 1. The Kier molecular flexibility index (Phi) is 85.5. The van der Waals surface area contributed by atoms with E-state index in [0.717, 1.165) is 25.7 Å². The molecule has 4 N–H and O–H groups in total. The van der Waals surface area contributed by atoms with E-state index in [4.69, 9.17) is 5.73 Å². The number of aliphatic hydroxyl groups is 1. The summed E-state index contributed by atoms with van der Waals surface area (Å²) < 4.78 is 2.76. The molecule has 1 aromatic rings. The molecule has 5 heteroatoms. The fourth-order valence-corrected chi connectivity index (χ4v) is 5.02. The zero-order valence-electron chi connectivity index (χ0n) is 33.9. The van der Waals surface area contributed by atoms with E-state index < -0.39 is 0 Å². The average Bonchev–Trinajstić information content (AvgIpc) is 3.07. The fourth-order valence-electron chi connectivity index (χ4n) is 3.13. The van der Waals surface area contributed by atoms with E-state index in [1.165, 1.54) is 108 Å². The number of hydrogen-bond donors (Lipinski definition) is 3. The van der Waals surface area contributed by atoms with Crippen molar-refractivity contribution >= 4 is 45.2 Å². The van der Waals surface area contributed by atoms with Crippen LogP contribution in [-0.4, -0.2) is 31.3 Å². The zero-order chi connectivity index (χ0) is 37.4. The van der Waals surface area contributed by atoms with Crippen molar-refractivity contribution in [3.05, 3.63) is 43.6 Å². The van der Waals surface area contributed by atoms with Crippen LogP contribution >= 0.6 is 45.2 Å². The molecule has 0 radical (unpaired) electrons. The standard InChI is InChI=1S/C10H23NO.C9H10I2.C6H15N.C5H12.C4H10.C3H8.C2H6.C2H4/c1-2-3-4-5-6-7-10(12)8-9-11;1-3-7-4-8(10)6(2)9(11)5-7;1-3-4-5-6-7-2;1-3-5-4-2;1-3-4-2;1-3-2;2*1-2/h10,12H,2-9,11H2,1H3;4-5H,3H2,1-2H3;7H,3-6H2,1-2H3;3-5H2,1-2H3;3-4H2,1-2H3;3H2,1-2H3;1-2H3;1-2H2/t10-;;;;;;;/m1......./s1. The maximum absolute atomic E-state index is 9.33. The molecule has 282 valence electrons. The smallest absolute Gasteiger partial charge is 0.0552 e. The quantitative estimate of drug-likeness (QED) is 0.0881. The summed E-state index contributed by atoms with van der Waals surface area (Å²) in [4.78, 5) is 0. The number of halogens is 2. The molecule has 0 aromatic heterocycles. The lowest BCUT2D eigenvalue weighted by atomic mass is 10.1. The first-order valence-corrected chi connectivity index (χ1v) is 21.2. The molecule has 0 fully saturated rings. The Morgan fingerprint density at radius 2 is 1.07 bits per heavy atom. The van der Waals surface area contributed by atoms with Crippen LogP contribution in [0.2, 0.25) is 0 Å². The van der Waals surface area contributed by atoms with E-state index in [9.17, 15) is 5.11 Å². The summed E-state index contributed by atoms with van der Waals surface area (Å²) in [5.41, 5.74) is 8.16. The van der Waals surface area contributed by atoms with Gasteiger partial charge in [0.2, 0.25) is 0 Å². The van der Waals surface area contributed by atoms with Crippen LogP contribution in [0.5, 0.6) is 0 Å². The second kappa shape index (κ2) is 63.9. The van der Waals surface area contributed by atoms with Gasteiger partial charge >= 0.3 is 0 Å². The van der Waals surface area contributed by atoms with E-state index in [2.05, 4.69) is 145 Å². The molecule has 0 aliphatic rings. The number of hydrogen-bond acceptors (Lipinski definition) is 3. The number of unbranched alkanes of at least 4 members (excludes halogenated alkanes) is 9. The summed E-state index contributed by atoms with van der Waals surface area (Å²) in [6.07, 6.45) is 21.0. The van der Waals surface area contributed by atoms with Crippen molar-refractivity contribution in [1.29, 1.82) is 0 Å². The third-order valence-corrected chi connectivity index (χ3v) is 8.37. The van der Waals surface area contributed by atoms with E-state index >= 15 is 0 Å². The van der Waals surface area contributed by atoms with Crippen molar-refractivity contribution in [3.63, 3.8) is 0 Å². The predicted octanol–water partition coefficient (Wildman–Crippen LogP) is 14.5. The monoisotopic (exact) mass is 878 g/mol. The van der Waals surface area contributed by atoms with Crippen LogP contribution in [0.1, 0.15) is 190 Å². The highest BCUT2D eigenvalue weighted by molar-refractivity contribution is 14.1. The molecule has 0 spiro atoms. The highest BCUT2D eigenvalue weighted by atomic mass is 127. The number of aryl methyl sites for hydroxylation is 1. The number of nitrogens with one attached hydrogen (secondary N) is 1. The van der Waals surface area contributed by atoms with Crippen LogP contribution < -0.4 is 11.1 Å². The molecule has 1 rings (SSSR count). The maximum atomic E-state index is 9.33. The number of nitrogens with two attached hydrogens (primary N) is 1. The Bertz CT molecular complexity index is 569. The van der Waals surface area contributed by atoms with Gasteiger partial charge in [-0.3, -0.25) is 0 Å². The Balaban J connectivity index is -0.0000000821. The van der Waals surface area contributed by atoms with Crippen molar-refractivity contribution in [2.24, 2.45) is 5.73 Å². The van der Waals surface area contributed by atoms with Crippen molar-refractivity contribution in [1.82, 2.24) is 5.32 Å². The molecular formula is C41H88I2N2O. The van der Waals surface area contributed by atoms with E-state index in [-0.39, 0.29) is 6.10 Å². The summed E-state index contributed by atoms with van der Waals surface area (Å²) >= 11 is 4.79. The Morgan fingerprint density at radius 3 is 1.37 bits per heavy atom. The van der Waals surface area contributed by atoms with Gasteiger partial charge in [-0.15, -0.1) is 13.2 Å². The van der Waals surface area contributed by atoms with Crippen LogP contribution in [0.3, 0.4) is 0 Å². The largest absolute Gasteiger partial charge is 0.393 e. The van der Waals surface area contributed by atoms with Crippen molar-refractivity contribution in [2.45, 2.75) is 198 Å². The first kappa shape index (κ1) is 61.5. The van der Waals surface area contributed by atoms with Gasteiger partial charge in [0.15, 0.2) is 0 Å². The Hall–Kier alpha value is 0.300. The summed E-state index contributed by atoms with van der Waals surface area (Å²) in [6, 6.07) is 4.52. The summed E-state index contributed by atoms with van der Waals surface area (Å²) in [5.74, 6) is 0. The molecule has 0 aliphatic carbocycles. The summed E-state index contributed by atoms with van der Waals surface area (Å²) in [7, 11) is 2.00. The second-order valence-electron chi connectivity index (χ2n) is 10.8. The van der Waals surface area contributed by atoms with Crippen LogP contribution in [0.4, 0.5) is 0 Å². The molecule has 0 heterocycles. The molecule has 1 aromatic carbocycles. The molecule has 0 amide bonds. The molecule has 0 aliphatic heterocycles. The van der Waals surface area contributed by atoms with Gasteiger partial charge < -0.3 is 16.2 Å². The lowest BCUT2D eigenvalue weighted by Gasteiger charge is -2.07. The average molecular weight is 879 g/mol. The highest BCUT2D eigenvalue weighted by Crippen LogP contribution is 2.20. The van der Waals surface area contributed by atoms with Crippen molar-refractivity contribution < 1.29 is 5.11 Å². The minimum absolute atomic E-state index is 0.156. The van der Waals surface area contributed by atoms with Crippen LogP contribution in [-0.2, 0) is 6.42 Å². The third kappa shape index (κ3) is 66.7. The normalized spacial score (nSPS) is 9.50. The number of aliphatic hydroxyl groups excluding tert-OH is 1. The lowest BCUT2D eigenvalue weighted by molar-refractivity contribution is 0.153. The molecule has 0 saturated heterocycles. The molecular weight excluding hydrogens is 790 g/mol. The second-order valence-corrected chi connectivity index (χ2v) is 13.2. The fraction of sp³-hybridized carbons (Fsp3) is 0.805. The highest BCUT2D eigenvalue weighted by Gasteiger charge is 2.01. The molecule has 0 bridgehead atoms. The number of rotatable bonds is 16. The molecule has 1 atom stereocenters. The van der Waals surface area contributed by atoms with Crippen LogP contribution in [0.25, 0.3) is 0 Å². The zero-order valence-corrected chi connectivity index (χ0v) is 38.2. The Labute approximate surface area is 321 Å². The van der Waals surface area contributed by atoms with Crippen molar-refractivity contribution in [3.8, 4) is 0 Å². The van der Waals surface area contributed by atoms with Gasteiger partial charge in [0.25, 0.3) is 0 Å².